The number of nitrogens with one attached hydrogen (secondary N) is 1. The summed E-state index contributed by atoms with van der Waals surface area (Å²) >= 11 is 0. The van der Waals surface area contributed by atoms with Crippen LogP contribution in [-0.4, -0.2) is 40.0 Å². The molecule has 134 valence electrons. The fourth-order valence-electron chi connectivity index (χ4n) is 2.86. The molecule has 0 spiro atoms. The van der Waals surface area contributed by atoms with Gasteiger partial charge in [-0.15, -0.1) is 0 Å². The average molecular weight is 343 g/mol. The van der Waals surface area contributed by atoms with E-state index in [0.29, 0.717) is 5.56 Å². The van der Waals surface area contributed by atoms with Crippen molar-refractivity contribution in [2.45, 2.75) is 31.4 Å². The van der Waals surface area contributed by atoms with Crippen LogP contribution < -0.4 is 5.32 Å². The molecule has 2 rings (SSSR count). The Morgan fingerprint density at radius 1 is 1.00 bits per heavy atom. The molecule has 5 heteroatoms. The van der Waals surface area contributed by atoms with Crippen molar-refractivity contribution in [2.75, 3.05) is 13.2 Å². The van der Waals surface area contributed by atoms with Gasteiger partial charge < -0.3 is 20.6 Å². The van der Waals surface area contributed by atoms with Crippen LogP contribution in [0, 0.1) is 0 Å². The zero-order valence-corrected chi connectivity index (χ0v) is 14.4. The summed E-state index contributed by atoms with van der Waals surface area (Å²) in [6, 6.07) is 17.7. The summed E-state index contributed by atoms with van der Waals surface area (Å²) in [6.07, 6.45) is -0.0743. The fraction of sp³-hybridized carbons (Fsp3) is 0.350. The third-order valence-corrected chi connectivity index (χ3v) is 4.25. The summed E-state index contributed by atoms with van der Waals surface area (Å²) in [6.45, 7) is 0.406. The zero-order chi connectivity index (χ0) is 18.3. The van der Waals surface area contributed by atoms with Crippen molar-refractivity contribution >= 4 is 5.91 Å². The maximum atomic E-state index is 11.3. The molecule has 0 aliphatic carbocycles. The molecule has 0 aliphatic heterocycles. The number of hydrogen-bond donors (Lipinski definition) is 4. The summed E-state index contributed by atoms with van der Waals surface area (Å²) in [4.78, 5) is 11.3. The van der Waals surface area contributed by atoms with Crippen LogP contribution in [0.3, 0.4) is 0 Å². The van der Waals surface area contributed by atoms with Crippen LogP contribution in [0.2, 0.25) is 0 Å². The van der Waals surface area contributed by atoms with E-state index in [-0.39, 0.29) is 12.3 Å². The second-order valence-corrected chi connectivity index (χ2v) is 6.40. The van der Waals surface area contributed by atoms with E-state index in [4.69, 9.17) is 0 Å². The fourth-order valence-corrected chi connectivity index (χ4v) is 2.86. The first kappa shape index (κ1) is 19.1. The van der Waals surface area contributed by atoms with Crippen LogP contribution in [0.25, 0.3) is 0 Å². The Hall–Kier alpha value is -2.21. The van der Waals surface area contributed by atoms with Gasteiger partial charge in [0.15, 0.2) is 0 Å². The third kappa shape index (κ3) is 5.39. The first-order chi connectivity index (χ1) is 12.0. The molecule has 2 aromatic rings. The Kier molecular flexibility index (Phi) is 6.70. The van der Waals surface area contributed by atoms with Crippen LogP contribution >= 0.6 is 0 Å². The van der Waals surface area contributed by atoms with Gasteiger partial charge in [-0.05, 0) is 23.1 Å². The minimum absolute atomic E-state index is 0.0254. The lowest BCUT2D eigenvalue weighted by molar-refractivity contribution is -0.122. The van der Waals surface area contributed by atoms with Crippen molar-refractivity contribution in [3.8, 4) is 0 Å². The molecule has 0 fully saturated rings. The van der Waals surface area contributed by atoms with Gasteiger partial charge in [0, 0.05) is 13.3 Å². The molecule has 4 N–H and O–H groups in total. The molecule has 5 nitrogen and oxygen atoms in total. The van der Waals surface area contributed by atoms with Gasteiger partial charge in [-0.25, -0.2) is 0 Å². The number of benzene rings is 2. The molecule has 0 saturated heterocycles. The van der Waals surface area contributed by atoms with Crippen LogP contribution in [0.15, 0.2) is 54.6 Å². The standard InChI is InChI=1S/C20H25NO4/c1-15(24)21-20(13-22,14-23)12-19(25)18-9-7-17(8-10-18)11-16-5-3-2-4-6-16/h2-10,19,22-23,25H,11-14H2,1H3,(H,21,24). The highest BCUT2D eigenvalue weighted by Gasteiger charge is 2.32. The second-order valence-electron chi connectivity index (χ2n) is 6.40. The Morgan fingerprint density at radius 3 is 2.08 bits per heavy atom. The molecule has 0 radical (unpaired) electrons. The number of rotatable bonds is 8. The number of amides is 1. The number of aliphatic hydroxyl groups excluding tert-OH is 3. The van der Waals surface area contributed by atoms with Crippen molar-refractivity contribution in [3.63, 3.8) is 0 Å². The van der Waals surface area contributed by atoms with Crippen molar-refractivity contribution in [1.82, 2.24) is 5.32 Å². The first-order valence-electron chi connectivity index (χ1n) is 8.29. The normalized spacial score (nSPS) is 12.6. The Morgan fingerprint density at radius 2 is 1.56 bits per heavy atom. The van der Waals surface area contributed by atoms with Crippen molar-refractivity contribution < 1.29 is 20.1 Å². The predicted octanol–water partition coefficient (Wildman–Crippen LogP) is 1.56. The molecule has 0 bridgehead atoms. The summed E-state index contributed by atoms with van der Waals surface area (Å²) in [5, 5.41) is 32.1. The summed E-state index contributed by atoms with van der Waals surface area (Å²) in [5.41, 5.74) is 1.77. The molecule has 0 heterocycles. The highest BCUT2D eigenvalue weighted by atomic mass is 16.3. The van der Waals surface area contributed by atoms with Gasteiger partial charge in [-0.1, -0.05) is 54.6 Å². The van der Waals surface area contributed by atoms with Crippen molar-refractivity contribution in [3.05, 3.63) is 71.3 Å². The van der Waals surface area contributed by atoms with Crippen LogP contribution in [-0.2, 0) is 11.2 Å². The molecular formula is C20H25NO4. The SMILES string of the molecule is CC(=O)NC(CO)(CO)CC(O)c1ccc(Cc2ccccc2)cc1. The van der Waals surface area contributed by atoms with E-state index >= 15 is 0 Å². The highest BCUT2D eigenvalue weighted by Crippen LogP contribution is 2.25. The minimum Gasteiger partial charge on any atom is -0.394 e. The van der Waals surface area contributed by atoms with Gasteiger partial charge in [0.25, 0.3) is 0 Å². The number of carbonyl (C=O) groups excluding carboxylic acids is 1. The highest BCUT2D eigenvalue weighted by molar-refractivity contribution is 5.73. The van der Waals surface area contributed by atoms with E-state index in [0.717, 1.165) is 12.0 Å². The maximum absolute atomic E-state index is 11.3. The minimum atomic E-state index is -1.24. The van der Waals surface area contributed by atoms with Gasteiger partial charge >= 0.3 is 0 Å². The van der Waals surface area contributed by atoms with Crippen LogP contribution in [0.4, 0.5) is 0 Å². The monoisotopic (exact) mass is 343 g/mol. The van der Waals surface area contributed by atoms with E-state index in [1.807, 2.05) is 42.5 Å². The van der Waals surface area contributed by atoms with Gasteiger partial charge in [0.1, 0.15) is 0 Å². The van der Waals surface area contributed by atoms with E-state index in [1.54, 1.807) is 0 Å². The largest absolute Gasteiger partial charge is 0.394 e. The summed E-state index contributed by atoms with van der Waals surface area (Å²) < 4.78 is 0. The smallest absolute Gasteiger partial charge is 0.217 e. The lowest BCUT2D eigenvalue weighted by Crippen LogP contribution is -2.54. The molecule has 0 saturated carbocycles. The topological polar surface area (TPSA) is 89.8 Å². The first-order valence-corrected chi connectivity index (χ1v) is 8.29. The Balaban J connectivity index is 2.06. The molecule has 2 aromatic carbocycles. The zero-order valence-electron chi connectivity index (χ0n) is 14.4. The number of aliphatic hydroxyl groups is 3. The van der Waals surface area contributed by atoms with Gasteiger partial charge in [-0.2, -0.15) is 0 Å². The third-order valence-electron chi connectivity index (χ3n) is 4.25. The predicted molar refractivity (Wildman–Crippen MR) is 96.0 cm³/mol. The second kappa shape index (κ2) is 8.76. The number of hydrogen-bond acceptors (Lipinski definition) is 4. The molecule has 1 amide bonds. The molecule has 1 atom stereocenters. The Labute approximate surface area is 148 Å². The number of carbonyl (C=O) groups is 1. The molecule has 0 aliphatic rings. The van der Waals surface area contributed by atoms with E-state index < -0.39 is 24.9 Å². The van der Waals surface area contributed by atoms with Crippen LogP contribution in [0.5, 0.6) is 0 Å². The Bertz CT molecular complexity index is 666. The van der Waals surface area contributed by atoms with Gasteiger partial charge in [0.05, 0.1) is 24.9 Å². The average Bonchev–Trinajstić information content (AvgIpc) is 2.62. The maximum Gasteiger partial charge on any atom is 0.217 e. The molecule has 1 unspecified atom stereocenters. The van der Waals surface area contributed by atoms with E-state index in [2.05, 4.69) is 17.4 Å². The molecule has 0 aromatic heterocycles. The van der Waals surface area contributed by atoms with Crippen molar-refractivity contribution in [1.29, 1.82) is 0 Å². The molecular weight excluding hydrogens is 318 g/mol. The van der Waals surface area contributed by atoms with Gasteiger partial charge in [0.2, 0.25) is 5.91 Å². The van der Waals surface area contributed by atoms with Crippen molar-refractivity contribution in [2.24, 2.45) is 0 Å². The van der Waals surface area contributed by atoms with Gasteiger partial charge in [-0.3, -0.25) is 4.79 Å². The lowest BCUT2D eigenvalue weighted by atomic mass is 9.90. The lowest BCUT2D eigenvalue weighted by Gasteiger charge is -2.32. The summed E-state index contributed by atoms with van der Waals surface area (Å²) in [7, 11) is 0. The summed E-state index contributed by atoms with van der Waals surface area (Å²) in [5.74, 6) is -0.367. The van der Waals surface area contributed by atoms with E-state index in [9.17, 15) is 20.1 Å². The van der Waals surface area contributed by atoms with Crippen LogP contribution in [0.1, 0.15) is 36.1 Å². The quantitative estimate of drug-likeness (QED) is 0.586. The van der Waals surface area contributed by atoms with E-state index in [1.165, 1.54) is 12.5 Å². The molecule has 25 heavy (non-hydrogen) atoms.